The number of aliphatic hydroxyl groups is 4. The highest BCUT2D eigenvalue weighted by molar-refractivity contribution is 7.61. The Kier molecular flexibility index (Phi) is 8.34. The van der Waals surface area contributed by atoms with E-state index in [1.165, 1.54) is 35.0 Å². The van der Waals surface area contributed by atoms with Crippen LogP contribution in [0.2, 0.25) is 0 Å². The van der Waals surface area contributed by atoms with E-state index in [-0.39, 0.29) is 34.3 Å². The normalized spacial score (nSPS) is 32.6. The van der Waals surface area contributed by atoms with Gasteiger partial charge in [-0.15, -0.1) is 0 Å². The molecule has 4 aliphatic heterocycles. The van der Waals surface area contributed by atoms with Gasteiger partial charge < -0.3 is 51.2 Å². The molecule has 0 spiro atoms. The number of anilines is 2. The van der Waals surface area contributed by atoms with Crippen molar-refractivity contribution < 1.29 is 62.2 Å². The molecule has 6 rings (SSSR count). The van der Waals surface area contributed by atoms with Gasteiger partial charge in [-0.3, -0.25) is 18.2 Å². The topological polar surface area (TPSA) is 341 Å². The predicted octanol–water partition coefficient (Wildman–Crippen LogP) is -2.55. The molecule has 2 aromatic heterocycles. The van der Waals surface area contributed by atoms with Gasteiger partial charge in [0.05, 0.1) is 19.5 Å². The van der Waals surface area contributed by atoms with Crippen LogP contribution in [0.15, 0.2) is 25.3 Å². The van der Waals surface area contributed by atoms with Crippen molar-refractivity contribution in [1.82, 2.24) is 39.0 Å². The Labute approximate surface area is 256 Å². The molecular formula is C21H28N10O13P2. The fraction of sp³-hybridized carbons (Fsp3) is 0.524. The number of hydrogen-bond acceptors (Lipinski definition) is 19. The first kappa shape index (κ1) is 32.7. The van der Waals surface area contributed by atoms with Crippen LogP contribution in [0.1, 0.15) is 13.2 Å². The summed E-state index contributed by atoms with van der Waals surface area (Å²) in [5, 5.41) is 42.4. The highest BCUT2D eigenvalue weighted by Crippen LogP contribution is 2.61. The second-order valence-corrected chi connectivity index (χ2v) is 13.5. The third kappa shape index (κ3) is 5.75. The minimum atomic E-state index is -5.39. The summed E-state index contributed by atoms with van der Waals surface area (Å²) < 4.78 is 52.8. The molecule has 4 unspecified atom stereocenters. The highest BCUT2D eigenvalue weighted by atomic mass is 31.3. The third-order valence-electron chi connectivity index (χ3n) is 7.49. The van der Waals surface area contributed by atoms with Crippen molar-refractivity contribution in [2.75, 3.05) is 24.7 Å². The summed E-state index contributed by atoms with van der Waals surface area (Å²) in [5.41, 5.74) is 10.4. The molecular weight excluding hydrogens is 662 g/mol. The number of aromatic nitrogens is 8. The van der Waals surface area contributed by atoms with Crippen LogP contribution in [-0.2, 0) is 37.7 Å². The zero-order valence-corrected chi connectivity index (χ0v) is 25.2. The monoisotopic (exact) mass is 690 g/mol. The van der Waals surface area contributed by atoms with E-state index in [2.05, 4.69) is 34.2 Å². The second-order valence-electron chi connectivity index (χ2n) is 10.4. The van der Waals surface area contributed by atoms with E-state index in [1.807, 2.05) is 0 Å². The van der Waals surface area contributed by atoms with Gasteiger partial charge in [-0.1, -0.05) is 0 Å². The minimum absolute atomic E-state index is 0.0477. The van der Waals surface area contributed by atoms with E-state index < -0.39 is 77.4 Å². The fourth-order valence-electron chi connectivity index (χ4n) is 5.14. The average molecular weight is 690 g/mol. The first-order valence-electron chi connectivity index (χ1n) is 13.2. The number of nitrogens with two attached hydrogens (primary N) is 2. The largest absolute Gasteiger partial charge is 0.481 e. The molecule has 250 valence electrons. The summed E-state index contributed by atoms with van der Waals surface area (Å²) in [7, 11) is -10.8. The number of hydrogen-bond donors (Lipinski definition) is 8. The van der Waals surface area contributed by atoms with E-state index in [0.717, 1.165) is 6.33 Å². The molecule has 0 radical (unpaired) electrons. The maximum Gasteiger partial charge on any atom is 0.481 e. The van der Waals surface area contributed by atoms with E-state index in [4.69, 9.17) is 30.0 Å². The third-order valence-corrected chi connectivity index (χ3v) is 10.1. The summed E-state index contributed by atoms with van der Waals surface area (Å²) >= 11 is 0. The molecule has 10 N–H and O–H groups in total. The lowest BCUT2D eigenvalue weighted by Crippen LogP contribution is -2.43. The molecule has 46 heavy (non-hydrogen) atoms. The van der Waals surface area contributed by atoms with Gasteiger partial charge in [-0.05, 0) is 6.92 Å². The number of imidazole rings is 2. The lowest BCUT2D eigenvalue weighted by Gasteiger charge is -2.29. The number of nitrogen functional groups attached to an aromatic ring is 2. The first-order valence-corrected chi connectivity index (χ1v) is 16.2. The SMILES string of the molecule is C[C@]1(n2cnc3c(N)ncnc32)O[C@@H](COP(=O)(O)OP(=O)(O)OC[C@H]2O[C@@H](n3cnc(N)c4ncnc3-4)C(O)[C@H]2O)C(O)[C@H]1O. The fourth-order valence-corrected chi connectivity index (χ4v) is 7.23. The quantitative estimate of drug-likeness (QED) is 0.0793. The Hall–Kier alpha value is -3.28. The molecule has 0 bridgehead atoms. The van der Waals surface area contributed by atoms with E-state index in [9.17, 15) is 39.3 Å². The summed E-state index contributed by atoms with van der Waals surface area (Å²) in [6.07, 6.45) is -6.01. The van der Waals surface area contributed by atoms with Gasteiger partial charge in [-0.25, -0.2) is 39.0 Å². The molecule has 25 heteroatoms. The van der Waals surface area contributed by atoms with Gasteiger partial charge in [0.1, 0.15) is 66.8 Å². The number of fused-ring (bicyclic) bond motifs is 2. The summed E-state index contributed by atoms with van der Waals surface area (Å²) in [6, 6.07) is 0. The Morgan fingerprint density at radius 1 is 0.870 bits per heavy atom. The molecule has 10 atom stereocenters. The van der Waals surface area contributed by atoms with E-state index >= 15 is 0 Å². The molecule has 0 saturated carbocycles. The Morgan fingerprint density at radius 3 is 2.26 bits per heavy atom. The van der Waals surface area contributed by atoms with Crippen molar-refractivity contribution in [3.63, 3.8) is 0 Å². The minimum Gasteiger partial charge on any atom is -0.387 e. The van der Waals surface area contributed by atoms with Crippen LogP contribution >= 0.6 is 15.6 Å². The number of nitrogens with zero attached hydrogens (tertiary/aromatic N) is 8. The first-order chi connectivity index (χ1) is 21.6. The lowest BCUT2D eigenvalue weighted by atomic mass is 10.0. The van der Waals surface area contributed by atoms with Crippen LogP contribution in [-0.4, -0.2) is 119 Å². The predicted molar refractivity (Wildman–Crippen MR) is 148 cm³/mol. The van der Waals surface area contributed by atoms with Crippen LogP contribution in [0.4, 0.5) is 11.6 Å². The number of aliphatic hydroxyl groups excluding tert-OH is 4. The van der Waals surface area contributed by atoms with E-state index in [1.54, 1.807) is 0 Å². The molecule has 2 aromatic rings. The van der Waals surface area contributed by atoms with Gasteiger partial charge in [0, 0.05) is 0 Å². The average Bonchev–Trinajstić information content (AvgIpc) is 3.76. The molecule has 0 aromatic carbocycles. The zero-order chi connectivity index (χ0) is 33.2. The maximum atomic E-state index is 12.6. The number of ether oxygens (including phenoxy) is 2. The summed E-state index contributed by atoms with van der Waals surface area (Å²) in [4.78, 5) is 44.1. The van der Waals surface area contributed by atoms with Crippen molar-refractivity contribution in [2.24, 2.45) is 0 Å². The number of phosphoric ester groups is 2. The van der Waals surface area contributed by atoms with Gasteiger partial charge in [0.15, 0.2) is 35.1 Å². The van der Waals surface area contributed by atoms with Gasteiger partial charge >= 0.3 is 15.6 Å². The van der Waals surface area contributed by atoms with Crippen molar-refractivity contribution in [1.29, 1.82) is 0 Å². The van der Waals surface area contributed by atoms with Crippen molar-refractivity contribution in [3.05, 3.63) is 25.3 Å². The molecule has 0 aliphatic carbocycles. The summed E-state index contributed by atoms with van der Waals surface area (Å²) in [5.74, 6) is 0.268. The highest BCUT2D eigenvalue weighted by Gasteiger charge is 2.54. The lowest BCUT2D eigenvalue weighted by molar-refractivity contribution is -0.131. The van der Waals surface area contributed by atoms with Gasteiger partial charge in [0.25, 0.3) is 0 Å². The molecule has 4 aliphatic rings. The molecule has 23 nitrogen and oxygen atoms in total. The smallest absolute Gasteiger partial charge is 0.387 e. The van der Waals surface area contributed by atoms with Gasteiger partial charge in [0.2, 0.25) is 0 Å². The van der Waals surface area contributed by atoms with Crippen molar-refractivity contribution >= 4 is 38.4 Å². The molecule has 0 amide bonds. The molecule has 2 fully saturated rings. The van der Waals surface area contributed by atoms with Crippen LogP contribution < -0.4 is 11.5 Å². The second kappa shape index (κ2) is 11.8. The van der Waals surface area contributed by atoms with E-state index in [0.29, 0.717) is 0 Å². The van der Waals surface area contributed by atoms with Crippen LogP contribution in [0, 0.1) is 0 Å². The van der Waals surface area contributed by atoms with Crippen LogP contribution in [0.5, 0.6) is 0 Å². The van der Waals surface area contributed by atoms with Crippen molar-refractivity contribution in [3.8, 4) is 11.5 Å². The Morgan fingerprint density at radius 2 is 1.54 bits per heavy atom. The van der Waals surface area contributed by atoms with Crippen LogP contribution in [0.3, 0.4) is 0 Å². The summed E-state index contributed by atoms with van der Waals surface area (Å²) in [6.45, 7) is -0.427. The standard InChI is InChI=1S/C21H28N10O13P2/c1-21(31-7-28-11-16(22)25-5-27-19(11)31)15(35)13(33)9(43-21)3-41-46(38,39)44-45(36,37)40-2-8-12(32)14(34)20(42-8)30-6-29-17(23)10-18(30)26-4-24-10/h4-9,12-15,20,32-35H,2-3,23H2,1H3,(H,36,37)(H,38,39)(H2,22,25,27)/t8-,9+,12+,13?,14?,15-,20-,21+/m1/s1. The Balaban J connectivity index is 1.06. The number of phosphoric acid groups is 2. The number of rotatable bonds is 10. The molecule has 2 saturated heterocycles. The van der Waals surface area contributed by atoms with Gasteiger partial charge in [-0.2, -0.15) is 4.31 Å². The van der Waals surface area contributed by atoms with Crippen LogP contribution in [0.25, 0.3) is 22.7 Å². The molecule has 6 heterocycles. The van der Waals surface area contributed by atoms with Crippen molar-refractivity contribution in [2.45, 2.75) is 55.5 Å². The zero-order valence-electron chi connectivity index (χ0n) is 23.4. The Bertz CT molecular complexity index is 1810. The maximum absolute atomic E-state index is 12.6.